The molecule has 1 atom stereocenters. The van der Waals surface area contributed by atoms with Gasteiger partial charge in [0.1, 0.15) is 11.5 Å². The number of carbonyl (C=O) groups is 2. The van der Waals surface area contributed by atoms with Crippen molar-refractivity contribution in [2.75, 3.05) is 31.4 Å². The number of fused-ring (bicyclic) bond motifs is 2. The number of hydrogen-bond acceptors (Lipinski definition) is 6. The van der Waals surface area contributed by atoms with E-state index in [4.69, 9.17) is 27.9 Å². The van der Waals surface area contributed by atoms with E-state index < -0.39 is 11.3 Å². The fourth-order valence-electron chi connectivity index (χ4n) is 4.67. The third-order valence-electron chi connectivity index (χ3n) is 6.46. The maximum atomic E-state index is 13.0. The Kier molecular flexibility index (Phi) is 6.70. The van der Waals surface area contributed by atoms with Crippen molar-refractivity contribution in [2.45, 2.75) is 19.3 Å². The van der Waals surface area contributed by atoms with Crippen molar-refractivity contribution in [3.8, 4) is 11.5 Å². The highest BCUT2D eigenvalue weighted by atomic mass is 35.5. The predicted octanol–water partition coefficient (Wildman–Crippen LogP) is 6.34. The summed E-state index contributed by atoms with van der Waals surface area (Å²) < 4.78 is 8.63. The largest absolute Gasteiger partial charge is 0.457 e. The van der Waals surface area contributed by atoms with Gasteiger partial charge in [-0.25, -0.2) is 0 Å². The number of rotatable bonds is 5. The number of carbonyl (C=O) groups excluding carboxylic acids is 2. The summed E-state index contributed by atoms with van der Waals surface area (Å²) in [6.07, 6.45) is 0. The van der Waals surface area contributed by atoms with Gasteiger partial charge in [-0.1, -0.05) is 48.1 Å². The summed E-state index contributed by atoms with van der Waals surface area (Å²) in [5, 5.41) is 3.40. The number of hydrogen-bond donors (Lipinski definition) is 3. The molecule has 1 aliphatic heterocycles. The highest BCUT2D eigenvalue weighted by molar-refractivity contribution is 7.78. The Balaban J connectivity index is 2.13. The molecule has 1 aliphatic rings. The molecule has 0 saturated carbocycles. The number of halogens is 2. The van der Waals surface area contributed by atoms with Crippen molar-refractivity contribution in [2.24, 2.45) is 0 Å². The van der Waals surface area contributed by atoms with Crippen molar-refractivity contribution < 1.29 is 14.3 Å². The van der Waals surface area contributed by atoms with Gasteiger partial charge >= 0.3 is 0 Å². The second-order valence-electron chi connectivity index (χ2n) is 8.73. The number of nitrogens with one attached hydrogen (secondary N) is 2. The van der Waals surface area contributed by atoms with E-state index in [1.165, 1.54) is 13.0 Å². The standard InChI is InChI=1S/C26H25Cl2N3O3S/c1-13(32)22-23(19(27)12-16(24(22)28)25(33)30-35)26(2)17-8-6-14(29-3)10-20(17)34-21-11-15(31(4)5)7-9-18(21)26/h6-12,29,35H,1-5H3,(H,30,33). The smallest absolute Gasteiger partial charge is 0.262 e. The Morgan fingerprint density at radius 3 is 2.23 bits per heavy atom. The molecular formula is C26H25Cl2N3O3S. The summed E-state index contributed by atoms with van der Waals surface area (Å²) in [7, 11) is 5.73. The summed E-state index contributed by atoms with van der Waals surface area (Å²) in [5.74, 6) is 0.398. The second-order valence-corrected chi connectivity index (χ2v) is 9.74. The number of Topliss-reactive ketones (excluding diaryl/α,β-unsaturated/α-hetero) is 1. The van der Waals surface area contributed by atoms with E-state index in [1.807, 2.05) is 69.4 Å². The Hall–Kier alpha value is -2.87. The molecule has 2 N–H and O–H groups in total. The second kappa shape index (κ2) is 9.30. The zero-order valence-corrected chi connectivity index (χ0v) is 22.3. The van der Waals surface area contributed by atoms with Gasteiger partial charge in [0.05, 0.1) is 16.0 Å². The third kappa shape index (κ3) is 4.01. The van der Waals surface area contributed by atoms with Crippen LogP contribution in [0.4, 0.5) is 11.4 Å². The summed E-state index contributed by atoms with van der Waals surface area (Å²) >= 11 is 17.4. The lowest BCUT2D eigenvalue weighted by Crippen LogP contribution is -2.32. The van der Waals surface area contributed by atoms with Crippen molar-refractivity contribution in [3.63, 3.8) is 0 Å². The fourth-order valence-corrected chi connectivity index (χ4v) is 5.55. The van der Waals surface area contributed by atoms with E-state index in [-0.39, 0.29) is 27.0 Å². The van der Waals surface area contributed by atoms with E-state index in [1.54, 1.807) is 0 Å². The van der Waals surface area contributed by atoms with Gasteiger partial charge in [-0.15, -0.1) is 0 Å². The highest BCUT2D eigenvalue weighted by Crippen LogP contribution is 2.55. The minimum Gasteiger partial charge on any atom is -0.457 e. The van der Waals surface area contributed by atoms with Crippen molar-refractivity contribution in [1.29, 1.82) is 0 Å². The van der Waals surface area contributed by atoms with Crippen LogP contribution in [-0.4, -0.2) is 32.8 Å². The van der Waals surface area contributed by atoms with Crippen molar-refractivity contribution >= 4 is 59.1 Å². The first-order chi connectivity index (χ1) is 16.5. The van der Waals surface area contributed by atoms with Crippen LogP contribution in [0.1, 0.15) is 51.3 Å². The van der Waals surface area contributed by atoms with Gasteiger partial charge in [-0.05, 0) is 37.6 Å². The molecule has 0 spiro atoms. The molecule has 0 aliphatic carbocycles. The van der Waals surface area contributed by atoms with E-state index in [0.29, 0.717) is 17.1 Å². The van der Waals surface area contributed by atoms with E-state index in [0.717, 1.165) is 22.5 Å². The lowest BCUT2D eigenvalue weighted by molar-refractivity contribution is 0.0985. The first-order valence-corrected chi connectivity index (χ1v) is 12.0. The van der Waals surface area contributed by atoms with Gasteiger partial charge in [0.25, 0.3) is 5.91 Å². The molecular weight excluding hydrogens is 505 g/mol. The zero-order chi connectivity index (χ0) is 25.7. The molecule has 6 nitrogen and oxygen atoms in total. The van der Waals surface area contributed by atoms with E-state index in [2.05, 4.69) is 22.9 Å². The molecule has 0 saturated heterocycles. The minimum atomic E-state index is -0.919. The maximum Gasteiger partial charge on any atom is 0.262 e. The van der Waals surface area contributed by atoms with E-state index in [9.17, 15) is 9.59 Å². The van der Waals surface area contributed by atoms with Gasteiger partial charge in [-0.3, -0.25) is 14.3 Å². The SMILES string of the molecule is CNc1ccc2c(c1)Oc1cc(N(C)C)ccc1C2(C)c1c(Cl)cc(C(=O)NS)c(Cl)c1C(C)=O. The number of ketones is 1. The number of amides is 1. The van der Waals surface area contributed by atoms with Gasteiger partial charge in [0.2, 0.25) is 0 Å². The highest BCUT2D eigenvalue weighted by Gasteiger charge is 2.44. The van der Waals surface area contributed by atoms with Crippen LogP contribution in [0.25, 0.3) is 0 Å². The molecule has 4 rings (SSSR count). The van der Waals surface area contributed by atoms with Crippen LogP contribution in [0.15, 0.2) is 42.5 Å². The third-order valence-corrected chi connectivity index (χ3v) is 7.36. The Morgan fingerprint density at radius 2 is 1.66 bits per heavy atom. The first kappa shape index (κ1) is 25.2. The summed E-state index contributed by atoms with van der Waals surface area (Å²) in [4.78, 5) is 27.4. The van der Waals surface area contributed by atoms with Gasteiger partial charge in [0.15, 0.2) is 5.78 Å². The van der Waals surface area contributed by atoms with Gasteiger partial charge in [0, 0.05) is 66.4 Å². The molecule has 0 bridgehead atoms. The molecule has 1 amide bonds. The number of benzene rings is 3. The van der Waals surface area contributed by atoms with Crippen molar-refractivity contribution in [1.82, 2.24) is 4.72 Å². The Bertz CT molecular complexity index is 1380. The predicted molar refractivity (Wildman–Crippen MR) is 145 cm³/mol. The topological polar surface area (TPSA) is 70.7 Å². The van der Waals surface area contributed by atoms with Gasteiger partial charge in [-0.2, -0.15) is 0 Å². The van der Waals surface area contributed by atoms with Crippen LogP contribution in [0, 0.1) is 0 Å². The average molecular weight is 530 g/mol. The molecule has 182 valence electrons. The van der Waals surface area contributed by atoms with E-state index >= 15 is 0 Å². The minimum absolute atomic E-state index is 0.0241. The normalized spacial score (nSPS) is 16.0. The number of nitrogens with zero attached hydrogens (tertiary/aromatic N) is 1. The monoisotopic (exact) mass is 529 g/mol. The number of anilines is 2. The van der Waals surface area contributed by atoms with Crippen LogP contribution in [0.5, 0.6) is 11.5 Å². The zero-order valence-electron chi connectivity index (χ0n) is 19.9. The summed E-state index contributed by atoms with van der Waals surface area (Å²) in [6, 6.07) is 13.2. The average Bonchev–Trinajstić information content (AvgIpc) is 2.83. The molecule has 1 unspecified atom stereocenters. The molecule has 0 fully saturated rings. The van der Waals surface area contributed by atoms with Crippen LogP contribution < -0.4 is 19.7 Å². The van der Waals surface area contributed by atoms with Crippen LogP contribution >= 0.6 is 36.0 Å². The fraction of sp³-hybridized carbons (Fsp3) is 0.231. The first-order valence-electron chi connectivity index (χ1n) is 10.8. The summed E-state index contributed by atoms with van der Waals surface area (Å²) in [6.45, 7) is 3.40. The quantitative estimate of drug-likeness (QED) is 0.265. The molecule has 0 aromatic heterocycles. The molecule has 1 heterocycles. The van der Waals surface area contributed by atoms with Crippen LogP contribution in [0.2, 0.25) is 10.0 Å². The van der Waals surface area contributed by atoms with Crippen LogP contribution in [0.3, 0.4) is 0 Å². The molecule has 0 radical (unpaired) electrons. The lowest BCUT2D eigenvalue weighted by atomic mass is 9.67. The van der Waals surface area contributed by atoms with Crippen LogP contribution in [-0.2, 0) is 5.41 Å². The van der Waals surface area contributed by atoms with Crippen molar-refractivity contribution in [3.05, 3.63) is 80.3 Å². The molecule has 3 aromatic rings. The summed E-state index contributed by atoms with van der Waals surface area (Å²) in [5.41, 5.74) is 3.30. The number of thiol groups is 1. The van der Waals surface area contributed by atoms with Gasteiger partial charge < -0.3 is 15.0 Å². The maximum absolute atomic E-state index is 13.0. The molecule has 3 aromatic carbocycles. The Morgan fingerprint density at radius 1 is 1.03 bits per heavy atom. The number of ether oxygens (including phenoxy) is 1. The lowest BCUT2D eigenvalue weighted by Gasteiger charge is -2.40. The Labute approximate surface area is 220 Å². The molecule has 9 heteroatoms. The molecule has 35 heavy (non-hydrogen) atoms.